The monoisotopic (exact) mass is 338 g/mol. The minimum Gasteiger partial charge on any atom is -0.320 e. The summed E-state index contributed by atoms with van der Waals surface area (Å²) >= 11 is 9.30. The minimum atomic E-state index is -0.188. The summed E-state index contributed by atoms with van der Waals surface area (Å²) in [5.41, 5.74) is 2.77. The molecular formula is C14H12BrClN2O. The van der Waals surface area contributed by atoms with Gasteiger partial charge in [0.05, 0.1) is 11.4 Å². The molecule has 1 aromatic carbocycles. The van der Waals surface area contributed by atoms with Gasteiger partial charge in [-0.1, -0.05) is 17.7 Å². The normalized spacial score (nSPS) is 10.3. The third-order valence-electron chi connectivity index (χ3n) is 2.81. The molecule has 1 heterocycles. The number of amides is 1. The van der Waals surface area contributed by atoms with Gasteiger partial charge in [-0.3, -0.25) is 4.79 Å². The van der Waals surface area contributed by atoms with E-state index in [1.165, 1.54) is 0 Å². The molecule has 0 aliphatic rings. The lowest BCUT2D eigenvalue weighted by Gasteiger charge is -2.10. The Balaban J connectivity index is 2.28. The van der Waals surface area contributed by atoms with Crippen molar-refractivity contribution in [2.24, 2.45) is 0 Å². The number of hydrogen-bond donors (Lipinski definition) is 1. The number of benzene rings is 1. The fourth-order valence-electron chi connectivity index (χ4n) is 1.71. The predicted molar refractivity (Wildman–Crippen MR) is 80.8 cm³/mol. The average molecular weight is 340 g/mol. The third kappa shape index (κ3) is 3.14. The number of hydrogen-bond acceptors (Lipinski definition) is 2. The standard InChI is InChI=1S/C14H12BrClN2O/c1-8-10(4-3-5-11(8)16)14(19)18-12-6-7-13(15)17-9(12)2/h3-7H,1-2H3,(H,18,19). The van der Waals surface area contributed by atoms with Crippen LogP contribution in [0.5, 0.6) is 0 Å². The van der Waals surface area contributed by atoms with Gasteiger partial charge >= 0.3 is 0 Å². The molecule has 0 spiro atoms. The molecule has 98 valence electrons. The van der Waals surface area contributed by atoms with E-state index in [9.17, 15) is 4.79 Å². The van der Waals surface area contributed by atoms with Crippen LogP contribution in [0.4, 0.5) is 5.69 Å². The van der Waals surface area contributed by atoms with E-state index in [0.29, 0.717) is 16.3 Å². The van der Waals surface area contributed by atoms with Gasteiger partial charge in [-0.05, 0) is 59.6 Å². The number of nitrogens with one attached hydrogen (secondary N) is 1. The van der Waals surface area contributed by atoms with Crippen LogP contribution in [0.3, 0.4) is 0 Å². The highest BCUT2D eigenvalue weighted by atomic mass is 79.9. The predicted octanol–water partition coefficient (Wildman–Crippen LogP) is 4.37. The molecule has 0 unspecified atom stereocenters. The van der Waals surface area contributed by atoms with Crippen molar-refractivity contribution in [3.05, 3.63) is 56.8 Å². The molecule has 19 heavy (non-hydrogen) atoms. The molecule has 0 fully saturated rings. The Morgan fingerprint density at radius 3 is 2.68 bits per heavy atom. The molecule has 1 aromatic heterocycles. The van der Waals surface area contributed by atoms with Crippen LogP contribution in [0.15, 0.2) is 34.9 Å². The van der Waals surface area contributed by atoms with Gasteiger partial charge in [0.2, 0.25) is 0 Å². The molecule has 0 aliphatic carbocycles. The van der Waals surface area contributed by atoms with Crippen molar-refractivity contribution in [2.45, 2.75) is 13.8 Å². The fourth-order valence-corrected chi connectivity index (χ4v) is 2.28. The van der Waals surface area contributed by atoms with Gasteiger partial charge in [0.25, 0.3) is 5.91 Å². The first-order chi connectivity index (χ1) is 8.99. The minimum absolute atomic E-state index is 0.188. The van der Waals surface area contributed by atoms with Gasteiger partial charge in [0, 0.05) is 10.6 Å². The third-order valence-corrected chi connectivity index (χ3v) is 3.66. The molecule has 1 N–H and O–H groups in total. The van der Waals surface area contributed by atoms with E-state index in [1.807, 2.05) is 19.9 Å². The van der Waals surface area contributed by atoms with Crippen molar-refractivity contribution in [1.82, 2.24) is 4.98 Å². The van der Waals surface area contributed by atoms with Crippen LogP contribution in [0.2, 0.25) is 5.02 Å². The summed E-state index contributed by atoms with van der Waals surface area (Å²) in [6, 6.07) is 8.87. The van der Waals surface area contributed by atoms with Crippen LogP contribution in [-0.4, -0.2) is 10.9 Å². The number of carbonyl (C=O) groups excluding carboxylic acids is 1. The molecule has 0 aliphatic heterocycles. The lowest BCUT2D eigenvalue weighted by Crippen LogP contribution is -2.14. The zero-order valence-electron chi connectivity index (χ0n) is 10.5. The number of pyridine rings is 1. The number of carbonyl (C=O) groups is 1. The number of aryl methyl sites for hydroxylation is 1. The van der Waals surface area contributed by atoms with E-state index in [0.717, 1.165) is 15.9 Å². The molecule has 1 amide bonds. The summed E-state index contributed by atoms with van der Waals surface area (Å²) in [4.78, 5) is 16.5. The Morgan fingerprint density at radius 1 is 1.26 bits per heavy atom. The number of aromatic nitrogens is 1. The van der Waals surface area contributed by atoms with Gasteiger partial charge in [0.1, 0.15) is 4.60 Å². The fraction of sp³-hybridized carbons (Fsp3) is 0.143. The summed E-state index contributed by atoms with van der Waals surface area (Å²) in [5.74, 6) is -0.188. The van der Waals surface area contributed by atoms with Crippen LogP contribution < -0.4 is 5.32 Å². The number of nitrogens with zero attached hydrogens (tertiary/aromatic N) is 1. The van der Waals surface area contributed by atoms with E-state index in [1.54, 1.807) is 24.3 Å². The number of halogens is 2. The van der Waals surface area contributed by atoms with Crippen molar-refractivity contribution in [1.29, 1.82) is 0 Å². The smallest absolute Gasteiger partial charge is 0.256 e. The van der Waals surface area contributed by atoms with Gasteiger partial charge < -0.3 is 5.32 Å². The first-order valence-electron chi connectivity index (χ1n) is 5.68. The molecule has 2 aromatic rings. The summed E-state index contributed by atoms with van der Waals surface area (Å²) in [6.45, 7) is 3.66. The molecule has 0 atom stereocenters. The van der Waals surface area contributed by atoms with Gasteiger partial charge in [-0.2, -0.15) is 0 Å². The Labute approximate surface area is 125 Å². The Morgan fingerprint density at radius 2 is 2.00 bits per heavy atom. The van der Waals surface area contributed by atoms with E-state index in [2.05, 4.69) is 26.2 Å². The van der Waals surface area contributed by atoms with Crippen LogP contribution >= 0.6 is 27.5 Å². The van der Waals surface area contributed by atoms with Crippen molar-refractivity contribution in [3.8, 4) is 0 Å². The largest absolute Gasteiger partial charge is 0.320 e. The van der Waals surface area contributed by atoms with E-state index in [4.69, 9.17) is 11.6 Å². The maximum atomic E-state index is 12.2. The van der Waals surface area contributed by atoms with Crippen LogP contribution in [-0.2, 0) is 0 Å². The summed E-state index contributed by atoms with van der Waals surface area (Å²) in [7, 11) is 0. The Kier molecular flexibility index (Phi) is 4.22. The maximum absolute atomic E-state index is 12.2. The first-order valence-corrected chi connectivity index (χ1v) is 6.85. The van der Waals surface area contributed by atoms with Crippen LogP contribution in [0.25, 0.3) is 0 Å². The van der Waals surface area contributed by atoms with E-state index in [-0.39, 0.29) is 5.91 Å². The molecule has 3 nitrogen and oxygen atoms in total. The summed E-state index contributed by atoms with van der Waals surface area (Å²) in [6.07, 6.45) is 0. The SMILES string of the molecule is Cc1nc(Br)ccc1NC(=O)c1cccc(Cl)c1C. The van der Waals surface area contributed by atoms with Gasteiger partial charge in [-0.25, -0.2) is 4.98 Å². The lowest BCUT2D eigenvalue weighted by molar-refractivity contribution is 0.102. The second kappa shape index (κ2) is 5.72. The topological polar surface area (TPSA) is 42.0 Å². The van der Waals surface area contributed by atoms with Gasteiger partial charge in [-0.15, -0.1) is 0 Å². The average Bonchev–Trinajstić information content (AvgIpc) is 2.36. The quantitative estimate of drug-likeness (QED) is 0.826. The molecular weight excluding hydrogens is 328 g/mol. The molecule has 5 heteroatoms. The highest BCUT2D eigenvalue weighted by Gasteiger charge is 2.12. The zero-order valence-corrected chi connectivity index (χ0v) is 12.8. The Hall–Kier alpha value is -1.39. The molecule has 0 radical (unpaired) electrons. The van der Waals surface area contributed by atoms with Crippen molar-refractivity contribution < 1.29 is 4.79 Å². The molecule has 2 rings (SSSR count). The highest BCUT2D eigenvalue weighted by molar-refractivity contribution is 9.10. The maximum Gasteiger partial charge on any atom is 0.256 e. The van der Waals surface area contributed by atoms with Crippen LogP contribution in [0.1, 0.15) is 21.6 Å². The number of anilines is 1. The second-order valence-electron chi connectivity index (χ2n) is 4.13. The molecule has 0 bridgehead atoms. The lowest BCUT2D eigenvalue weighted by atomic mass is 10.1. The van der Waals surface area contributed by atoms with Gasteiger partial charge in [0.15, 0.2) is 0 Å². The number of rotatable bonds is 2. The molecule has 0 saturated heterocycles. The summed E-state index contributed by atoms with van der Waals surface area (Å²) < 4.78 is 0.738. The van der Waals surface area contributed by atoms with Crippen LogP contribution in [0, 0.1) is 13.8 Å². The van der Waals surface area contributed by atoms with E-state index < -0.39 is 0 Å². The zero-order chi connectivity index (χ0) is 14.0. The summed E-state index contributed by atoms with van der Waals surface area (Å²) in [5, 5.41) is 3.42. The van der Waals surface area contributed by atoms with Crippen molar-refractivity contribution >= 4 is 39.1 Å². The first kappa shape index (κ1) is 14.0. The molecule has 0 saturated carbocycles. The second-order valence-corrected chi connectivity index (χ2v) is 5.35. The van der Waals surface area contributed by atoms with E-state index >= 15 is 0 Å². The van der Waals surface area contributed by atoms with Crippen molar-refractivity contribution in [3.63, 3.8) is 0 Å². The highest BCUT2D eigenvalue weighted by Crippen LogP contribution is 2.21. The Bertz CT molecular complexity index is 643. The van der Waals surface area contributed by atoms with Crippen molar-refractivity contribution in [2.75, 3.05) is 5.32 Å².